The summed E-state index contributed by atoms with van der Waals surface area (Å²) >= 11 is 0. The number of benzene rings is 2. The lowest BCUT2D eigenvalue weighted by molar-refractivity contribution is -0.114. The maximum atomic E-state index is 13.4. The molecule has 5 rings (SSSR count). The van der Waals surface area contributed by atoms with Gasteiger partial charge >= 0.3 is 0 Å². The fourth-order valence-corrected chi connectivity index (χ4v) is 4.89. The highest BCUT2D eigenvalue weighted by atomic mass is 32.2. The highest BCUT2D eigenvalue weighted by Crippen LogP contribution is 2.28. The zero-order chi connectivity index (χ0) is 27.9. The molecule has 198 valence electrons. The second-order valence-corrected chi connectivity index (χ2v) is 11.0. The summed E-state index contributed by atoms with van der Waals surface area (Å²) in [6.45, 7) is 3.35. The molecular formula is C27H23FN6O4S. The standard InChI is InChI=1S/C27H23FN6O4S/c1-16-4-8-20(12-22(16)18-5-11-25-31-24(29-17(2)35)15-33(25)14-18)30-27(36)23-13-26(39(3,37)38)34(32-23)21-9-6-19(28)7-10-21/h4-15H,1-3H3,(H,29,35)(H,30,36). The minimum absolute atomic E-state index is 0.118. The lowest BCUT2D eigenvalue weighted by atomic mass is 10.0. The number of nitrogens with one attached hydrogen (secondary N) is 2. The Hall–Kier alpha value is -4.84. The van der Waals surface area contributed by atoms with Gasteiger partial charge in [0.1, 0.15) is 11.5 Å². The highest BCUT2D eigenvalue weighted by molar-refractivity contribution is 7.90. The van der Waals surface area contributed by atoms with Gasteiger partial charge in [-0.1, -0.05) is 6.07 Å². The molecule has 2 aromatic carbocycles. The number of halogens is 1. The van der Waals surface area contributed by atoms with Gasteiger partial charge in [0.15, 0.2) is 26.4 Å². The van der Waals surface area contributed by atoms with E-state index in [1.807, 2.05) is 31.3 Å². The monoisotopic (exact) mass is 546 g/mol. The van der Waals surface area contributed by atoms with Crippen LogP contribution in [-0.4, -0.2) is 45.7 Å². The Morgan fingerprint density at radius 2 is 1.69 bits per heavy atom. The molecule has 0 saturated heterocycles. The van der Waals surface area contributed by atoms with Crippen molar-refractivity contribution in [2.24, 2.45) is 0 Å². The van der Waals surface area contributed by atoms with Crippen LogP contribution >= 0.6 is 0 Å². The van der Waals surface area contributed by atoms with Gasteiger partial charge in [0, 0.05) is 31.1 Å². The number of carbonyl (C=O) groups excluding carboxylic acids is 2. The molecular weight excluding hydrogens is 523 g/mol. The number of anilines is 2. The van der Waals surface area contributed by atoms with Crippen molar-refractivity contribution in [2.45, 2.75) is 18.9 Å². The summed E-state index contributed by atoms with van der Waals surface area (Å²) in [6, 6.07) is 15.4. The predicted molar refractivity (Wildman–Crippen MR) is 144 cm³/mol. The third-order valence-electron chi connectivity index (χ3n) is 5.92. The molecule has 0 unspecified atom stereocenters. The lowest BCUT2D eigenvalue weighted by Gasteiger charge is -2.10. The highest BCUT2D eigenvalue weighted by Gasteiger charge is 2.22. The molecule has 0 saturated carbocycles. The van der Waals surface area contributed by atoms with Crippen LogP contribution < -0.4 is 10.6 Å². The van der Waals surface area contributed by atoms with Crippen LogP contribution in [0.3, 0.4) is 0 Å². The van der Waals surface area contributed by atoms with Crippen molar-refractivity contribution in [3.05, 3.63) is 90.1 Å². The summed E-state index contributed by atoms with van der Waals surface area (Å²) in [5.74, 6) is -0.879. The Bertz CT molecular complexity index is 1860. The number of hydrogen-bond donors (Lipinski definition) is 2. The van der Waals surface area contributed by atoms with Crippen LogP contribution in [0.1, 0.15) is 23.0 Å². The molecule has 0 aliphatic heterocycles. The van der Waals surface area contributed by atoms with Crippen molar-refractivity contribution in [1.82, 2.24) is 19.2 Å². The minimum atomic E-state index is -3.75. The van der Waals surface area contributed by atoms with Gasteiger partial charge in [0.2, 0.25) is 5.91 Å². The SMILES string of the molecule is CC(=O)Nc1cn2cc(-c3cc(NC(=O)c4cc(S(C)(=O)=O)n(-c5ccc(F)cc5)n4)ccc3C)ccc2n1. The lowest BCUT2D eigenvalue weighted by Crippen LogP contribution is -2.13. The molecule has 0 spiro atoms. The predicted octanol–water partition coefficient (Wildman–Crippen LogP) is 4.25. The van der Waals surface area contributed by atoms with Gasteiger partial charge in [-0.15, -0.1) is 0 Å². The summed E-state index contributed by atoms with van der Waals surface area (Å²) in [7, 11) is -3.75. The summed E-state index contributed by atoms with van der Waals surface area (Å²) in [4.78, 5) is 28.8. The maximum Gasteiger partial charge on any atom is 0.276 e. The van der Waals surface area contributed by atoms with Crippen molar-refractivity contribution in [3.63, 3.8) is 0 Å². The molecule has 0 radical (unpaired) electrons. The molecule has 0 aliphatic carbocycles. The van der Waals surface area contributed by atoms with E-state index in [2.05, 4.69) is 20.7 Å². The number of rotatable bonds is 6. The number of fused-ring (bicyclic) bond motifs is 1. The molecule has 0 bridgehead atoms. The number of hydrogen-bond acceptors (Lipinski definition) is 6. The molecule has 0 fully saturated rings. The Balaban J connectivity index is 1.45. The number of nitrogens with zero attached hydrogens (tertiary/aromatic N) is 4. The molecule has 12 heteroatoms. The van der Waals surface area contributed by atoms with Crippen LogP contribution in [0.5, 0.6) is 0 Å². The molecule has 39 heavy (non-hydrogen) atoms. The molecule has 0 atom stereocenters. The number of amides is 2. The van der Waals surface area contributed by atoms with E-state index in [0.717, 1.165) is 27.6 Å². The molecule has 2 amide bonds. The fourth-order valence-electron chi connectivity index (χ4n) is 4.10. The van der Waals surface area contributed by atoms with E-state index in [-0.39, 0.29) is 16.6 Å². The molecule has 2 N–H and O–H groups in total. The van der Waals surface area contributed by atoms with Crippen LogP contribution in [0.25, 0.3) is 22.5 Å². The van der Waals surface area contributed by atoms with Crippen molar-refractivity contribution < 1.29 is 22.4 Å². The zero-order valence-corrected chi connectivity index (χ0v) is 22.0. The van der Waals surface area contributed by atoms with Gasteiger partial charge in [-0.3, -0.25) is 9.59 Å². The van der Waals surface area contributed by atoms with Crippen molar-refractivity contribution in [2.75, 3.05) is 16.9 Å². The average Bonchev–Trinajstić information content (AvgIpc) is 3.49. The first-order valence-electron chi connectivity index (χ1n) is 11.7. The third-order valence-corrected chi connectivity index (χ3v) is 6.97. The van der Waals surface area contributed by atoms with Gasteiger partial charge in [0.25, 0.3) is 5.91 Å². The molecule has 3 aromatic heterocycles. The first kappa shape index (κ1) is 25.8. The van der Waals surface area contributed by atoms with Crippen molar-refractivity contribution in [3.8, 4) is 16.8 Å². The van der Waals surface area contributed by atoms with Gasteiger partial charge < -0.3 is 15.0 Å². The van der Waals surface area contributed by atoms with E-state index in [4.69, 9.17) is 0 Å². The minimum Gasteiger partial charge on any atom is -0.321 e. The number of aryl methyl sites for hydroxylation is 1. The number of imidazole rings is 1. The Morgan fingerprint density at radius 1 is 0.949 bits per heavy atom. The number of aromatic nitrogens is 4. The normalized spacial score (nSPS) is 11.5. The van der Waals surface area contributed by atoms with E-state index >= 15 is 0 Å². The molecule has 3 heterocycles. The first-order chi connectivity index (χ1) is 18.5. The van der Waals surface area contributed by atoms with Gasteiger partial charge in [-0.05, 0) is 72.1 Å². The van der Waals surface area contributed by atoms with Crippen molar-refractivity contribution >= 4 is 38.8 Å². The number of pyridine rings is 1. The van der Waals surface area contributed by atoms with E-state index in [9.17, 15) is 22.4 Å². The smallest absolute Gasteiger partial charge is 0.276 e. The Kier molecular flexibility index (Phi) is 6.48. The van der Waals surface area contributed by atoms with Crippen LogP contribution in [0.15, 0.2) is 78.1 Å². The second-order valence-electron chi connectivity index (χ2n) is 9.00. The largest absolute Gasteiger partial charge is 0.321 e. The van der Waals surface area contributed by atoms with Crippen LogP contribution in [-0.2, 0) is 14.6 Å². The quantitative estimate of drug-likeness (QED) is 0.328. The Labute approximate surface area is 223 Å². The summed E-state index contributed by atoms with van der Waals surface area (Å²) in [6.07, 6.45) is 4.58. The first-order valence-corrected chi connectivity index (χ1v) is 13.6. The van der Waals surface area contributed by atoms with Gasteiger partial charge in [-0.25, -0.2) is 22.5 Å². The Morgan fingerprint density at radius 3 is 2.38 bits per heavy atom. The molecule has 0 aliphatic rings. The summed E-state index contributed by atoms with van der Waals surface area (Å²) in [5, 5.41) is 9.43. The van der Waals surface area contributed by atoms with E-state index in [1.54, 1.807) is 22.7 Å². The second kappa shape index (κ2) is 9.80. The van der Waals surface area contributed by atoms with E-state index in [1.165, 1.54) is 37.3 Å². The molecule has 10 nitrogen and oxygen atoms in total. The average molecular weight is 547 g/mol. The van der Waals surface area contributed by atoms with Crippen LogP contribution in [0, 0.1) is 12.7 Å². The van der Waals surface area contributed by atoms with Crippen LogP contribution in [0.2, 0.25) is 0 Å². The summed E-state index contributed by atoms with van der Waals surface area (Å²) in [5.41, 5.74) is 3.96. The zero-order valence-electron chi connectivity index (χ0n) is 21.1. The van der Waals surface area contributed by atoms with E-state index in [0.29, 0.717) is 22.8 Å². The number of sulfone groups is 1. The van der Waals surface area contributed by atoms with Gasteiger partial charge in [0.05, 0.1) is 11.9 Å². The number of carbonyl (C=O) groups is 2. The fraction of sp³-hybridized carbons (Fsp3) is 0.111. The van der Waals surface area contributed by atoms with Crippen LogP contribution in [0.4, 0.5) is 15.9 Å². The summed E-state index contributed by atoms with van der Waals surface area (Å²) < 4.78 is 41.0. The van der Waals surface area contributed by atoms with Gasteiger partial charge in [-0.2, -0.15) is 5.10 Å². The van der Waals surface area contributed by atoms with Crippen molar-refractivity contribution in [1.29, 1.82) is 0 Å². The topological polar surface area (TPSA) is 127 Å². The maximum absolute atomic E-state index is 13.4. The molecule has 5 aromatic rings. The third kappa shape index (κ3) is 5.41. The van der Waals surface area contributed by atoms with E-state index < -0.39 is 21.6 Å².